The van der Waals surface area contributed by atoms with E-state index < -0.39 is 5.97 Å². The maximum atomic E-state index is 10.4. The van der Waals surface area contributed by atoms with E-state index in [1.807, 2.05) is 19.1 Å². The van der Waals surface area contributed by atoms with E-state index >= 15 is 0 Å². The Labute approximate surface area is 93.7 Å². The third kappa shape index (κ3) is 2.30. The molecule has 2 heterocycles. The minimum Gasteiger partial charge on any atom is -0.480 e. The van der Waals surface area contributed by atoms with E-state index in [9.17, 15) is 4.79 Å². The van der Waals surface area contributed by atoms with E-state index in [-0.39, 0.29) is 12.2 Å². The van der Waals surface area contributed by atoms with E-state index in [2.05, 4.69) is 9.88 Å². The fourth-order valence-corrected chi connectivity index (χ4v) is 1.83. The summed E-state index contributed by atoms with van der Waals surface area (Å²) in [6.07, 6.45) is 3.48. The van der Waals surface area contributed by atoms with Gasteiger partial charge in [0.15, 0.2) is 0 Å². The zero-order valence-corrected chi connectivity index (χ0v) is 9.09. The van der Waals surface area contributed by atoms with Crippen LogP contribution in [0.1, 0.15) is 6.92 Å². The van der Waals surface area contributed by atoms with Crippen molar-refractivity contribution in [3.05, 3.63) is 24.5 Å². The van der Waals surface area contributed by atoms with E-state index in [4.69, 9.17) is 9.84 Å². The lowest BCUT2D eigenvalue weighted by molar-refractivity contribution is -0.150. The van der Waals surface area contributed by atoms with Gasteiger partial charge in [0.05, 0.1) is 0 Å². The number of rotatable bonds is 4. The van der Waals surface area contributed by atoms with Gasteiger partial charge in [-0.2, -0.15) is 0 Å². The molecule has 1 aliphatic heterocycles. The Bertz CT molecular complexity index is 374. The molecular formula is C11H14N2O3. The average molecular weight is 222 g/mol. The van der Waals surface area contributed by atoms with Crippen molar-refractivity contribution in [2.45, 2.75) is 12.5 Å². The van der Waals surface area contributed by atoms with Gasteiger partial charge < -0.3 is 14.7 Å². The number of carboxylic acid groups (broad SMARTS) is 1. The Morgan fingerprint density at radius 1 is 1.56 bits per heavy atom. The second kappa shape index (κ2) is 4.09. The third-order valence-corrected chi connectivity index (χ3v) is 2.62. The molecule has 0 saturated carbocycles. The molecule has 0 radical (unpaired) electrons. The summed E-state index contributed by atoms with van der Waals surface area (Å²) in [5.41, 5.74) is 0.744. The van der Waals surface area contributed by atoms with Crippen LogP contribution in [0.25, 0.3) is 0 Å². The van der Waals surface area contributed by atoms with Crippen molar-refractivity contribution < 1.29 is 14.6 Å². The summed E-state index contributed by atoms with van der Waals surface area (Å²) < 4.78 is 5.32. The Hall–Kier alpha value is -1.62. The molecule has 0 aliphatic carbocycles. The Kier molecular flexibility index (Phi) is 2.78. The molecule has 1 fully saturated rings. The normalized spacial score (nSPS) is 17.9. The van der Waals surface area contributed by atoms with E-state index in [0.717, 1.165) is 5.69 Å². The van der Waals surface area contributed by atoms with Crippen LogP contribution in [0.2, 0.25) is 0 Å². The lowest BCUT2D eigenvalue weighted by Crippen LogP contribution is -2.62. The average Bonchev–Trinajstić information content (AvgIpc) is 2.24. The van der Waals surface area contributed by atoms with Crippen LogP contribution < -0.4 is 4.90 Å². The number of hydrogen-bond acceptors (Lipinski definition) is 4. The van der Waals surface area contributed by atoms with Crippen LogP contribution in [-0.4, -0.2) is 41.4 Å². The summed E-state index contributed by atoms with van der Waals surface area (Å²) in [6.45, 7) is 3.11. The number of ether oxygens (including phenoxy) is 1. The molecule has 0 bridgehead atoms. The number of aromatic nitrogens is 1. The van der Waals surface area contributed by atoms with Gasteiger partial charge in [-0.05, 0) is 19.1 Å². The first-order valence-corrected chi connectivity index (χ1v) is 5.10. The molecule has 0 spiro atoms. The minimum absolute atomic E-state index is 0.235. The van der Waals surface area contributed by atoms with Crippen LogP contribution in [0.4, 0.5) is 5.69 Å². The molecule has 0 unspecified atom stereocenters. The number of carboxylic acids is 1. The molecule has 1 N–H and O–H groups in total. The van der Waals surface area contributed by atoms with Gasteiger partial charge in [0.25, 0.3) is 0 Å². The number of hydrogen-bond donors (Lipinski definition) is 1. The zero-order chi connectivity index (χ0) is 11.6. The van der Waals surface area contributed by atoms with Gasteiger partial charge in [-0.3, -0.25) is 4.98 Å². The van der Waals surface area contributed by atoms with Gasteiger partial charge in [0.2, 0.25) is 0 Å². The number of carbonyl (C=O) groups is 1. The van der Waals surface area contributed by atoms with Crippen molar-refractivity contribution >= 4 is 11.7 Å². The van der Waals surface area contributed by atoms with Crippen LogP contribution in [0.3, 0.4) is 0 Å². The van der Waals surface area contributed by atoms with Crippen LogP contribution in [0.5, 0.6) is 0 Å². The second-order valence-corrected chi connectivity index (χ2v) is 4.19. The van der Waals surface area contributed by atoms with Crippen LogP contribution in [0.15, 0.2) is 24.5 Å². The van der Waals surface area contributed by atoms with Crippen molar-refractivity contribution in [2.75, 3.05) is 24.6 Å². The molecule has 0 atom stereocenters. The minimum atomic E-state index is -0.927. The van der Waals surface area contributed by atoms with E-state index in [1.54, 1.807) is 12.4 Å². The predicted octanol–water partition coefficient (Wildman–Crippen LogP) is 0.761. The first-order chi connectivity index (χ1) is 7.59. The van der Waals surface area contributed by atoms with E-state index in [1.165, 1.54) is 0 Å². The summed E-state index contributed by atoms with van der Waals surface area (Å²) >= 11 is 0. The predicted molar refractivity (Wildman–Crippen MR) is 58.4 cm³/mol. The van der Waals surface area contributed by atoms with Gasteiger partial charge >= 0.3 is 5.97 Å². The van der Waals surface area contributed by atoms with E-state index in [0.29, 0.717) is 13.1 Å². The molecule has 0 amide bonds. The molecule has 86 valence electrons. The first-order valence-electron chi connectivity index (χ1n) is 5.10. The standard InChI is InChI=1S/C11H14N2O3/c1-11(16-6-10(14)15)7-13(8-11)9-2-4-12-5-3-9/h2-5H,6-8H2,1H3,(H,14,15). The highest BCUT2D eigenvalue weighted by atomic mass is 16.5. The highest BCUT2D eigenvalue weighted by Crippen LogP contribution is 2.29. The maximum absolute atomic E-state index is 10.4. The van der Waals surface area contributed by atoms with Crippen LogP contribution >= 0.6 is 0 Å². The van der Waals surface area contributed by atoms with Gasteiger partial charge in [-0.25, -0.2) is 4.79 Å². The van der Waals surface area contributed by atoms with Gasteiger partial charge in [0, 0.05) is 31.2 Å². The Morgan fingerprint density at radius 3 is 2.75 bits per heavy atom. The number of pyridine rings is 1. The molecule has 1 aromatic rings. The monoisotopic (exact) mass is 222 g/mol. The van der Waals surface area contributed by atoms with Gasteiger partial charge in [0.1, 0.15) is 12.2 Å². The fourth-order valence-electron chi connectivity index (χ4n) is 1.83. The Morgan fingerprint density at radius 2 is 2.19 bits per heavy atom. The van der Waals surface area contributed by atoms with Crippen molar-refractivity contribution in [1.29, 1.82) is 0 Å². The van der Waals surface area contributed by atoms with Crippen molar-refractivity contribution in [3.63, 3.8) is 0 Å². The second-order valence-electron chi connectivity index (χ2n) is 4.19. The van der Waals surface area contributed by atoms with Crippen LogP contribution in [0, 0.1) is 0 Å². The van der Waals surface area contributed by atoms with Crippen molar-refractivity contribution in [3.8, 4) is 0 Å². The Balaban J connectivity index is 1.87. The zero-order valence-electron chi connectivity index (χ0n) is 9.09. The van der Waals surface area contributed by atoms with Gasteiger partial charge in [-0.15, -0.1) is 0 Å². The number of aliphatic carboxylic acids is 1. The lowest BCUT2D eigenvalue weighted by atomic mass is 9.96. The van der Waals surface area contributed by atoms with Crippen molar-refractivity contribution in [1.82, 2.24) is 4.98 Å². The number of nitrogens with zero attached hydrogens (tertiary/aromatic N) is 2. The van der Waals surface area contributed by atoms with Crippen molar-refractivity contribution in [2.24, 2.45) is 0 Å². The SMILES string of the molecule is CC1(OCC(=O)O)CN(c2ccncc2)C1. The topological polar surface area (TPSA) is 62.7 Å². The summed E-state index contributed by atoms with van der Waals surface area (Å²) in [4.78, 5) is 16.5. The van der Waals surface area contributed by atoms with Crippen LogP contribution in [-0.2, 0) is 9.53 Å². The quantitative estimate of drug-likeness (QED) is 0.815. The third-order valence-electron chi connectivity index (χ3n) is 2.62. The molecule has 5 heteroatoms. The smallest absolute Gasteiger partial charge is 0.329 e. The lowest BCUT2D eigenvalue weighted by Gasteiger charge is -2.48. The molecule has 1 aromatic heterocycles. The highest BCUT2D eigenvalue weighted by molar-refractivity contribution is 5.68. The summed E-state index contributed by atoms with van der Waals surface area (Å²) in [7, 11) is 0. The number of anilines is 1. The molecule has 16 heavy (non-hydrogen) atoms. The molecule has 0 aromatic carbocycles. The fraction of sp³-hybridized carbons (Fsp3) is 0.455. The maximum Gasteiger partial charge on any atom is 0.329 e. The largest absolute Gasteiger partial charge is 0.480 e. The molecule has 2 rings (SSSR count). The molecule has 1 saturated heterocycles. The first kappa shape index (κ1) is 10.9. The summed E-state index contributed by atoms with van der Waals surface area (Å²) in [6, 6.07) is 3.85. The van der Waals surface area contributed by atoms with Gasteiger partial charge in [-0.1, -0.05) is 0 Å². The summed E-state index contributed by atoms with van der Waals surface area (Å²) in [5.74, 6) is -0.927. The molecular weight excluding hydrogens is 208 g/mol. The summed E-state index contributed by atoms with van der Waals surface area (Å²) in [5, 5.41) is 8.53. The molecule has 1 aliphatic rings. The molecule has 5 nitrogen and oxygen atoms in total. The highest BCUT2D eigenvalue weighted by Gasteiger charge is 2.40.